The molecule has 0 bridgehead atoms. The molecule has 1 unspecified atom stereocenters. The SMILES string of the molecule is CC(C)(C)N1CCN(CC(=O)C(O)(c2ccccc2)C2CCC2)CC1. The molecule has 0 radical (unpaired) electrons. The lowest BCUT2D eigenvalue weighted by Gasteiger charge is -2.44. The van der Waals surface area contributed by atoms with Crippen molar-refractivity contribution in [3.63, 3.8) is 0 Å². The Kier molecular flexibility index (Phi) is 5.33. The molecule has 138 valence electrons. The van der Waals surface area contributed by atoms with Crippen molar-refractivity contribution in [3.8, 4) is 0 Å². The number of Topliss-reactive ketones (excluding diaryl/α,β-unsaturated/α-hetero) is 1. The molecule has 1 N–H and O–H groups in total. The minimum atomic E-state index is -1.32. The van der Waals surface area contributed by atoms with E-state index in [0.717, 1.165) is 51.0 Å². The quantitative estimate of drug-likeness (QED) is 0.892. The summed E-state index contributed by atoms with van der Waals surface area (Å²) in [4.78, 5) is 17.8. The third-order valence-corrected chi connectivity index (χ3v) is 6.02. The average molecular weight is 344 g/mol. The van der Waals surface area contributed by atoms with Crippen molar-refractivity contribution in [2.24, 2.45) is 5.92 Å². The number of piperazine rings is 1. The van der Waals surface area contributed by atoms with Crippen molar-refractivity contribution in [3.05, 3.63) is 35.9 Å². The van der Waals surface area contributed by atoms with E-state index in [0.29, 0.717) is 6.54 Å². The number of hydrogen-bond donors (Lipinski definition) is 1. The fraction of sp³-hybridized carbons (Fsp3) is 0.667. The van der Waals surface area contributed by atoms with E-state index >= 15 is 0 Å². The fourth-order valence-electron chi connectivity index (χ4n) is 4.04. The Morgan fingerprint density at radius 2 is 1.68 bits per heavy atom. The molecular formula is C21H32N2O2. The summed E-state index contributed by atoms with van der Waals surface area (Å²) >= 11 is 0. The third-order valence-electron chi connectivity index (χ3n) is 6.02. The molecular weight excluding hydrogens is 312 g/mol. The molecule has 1 aliphatic carbocycles. The molecule has 3 rings (SSSR count). The monoisotopic (exact) mass is 344 g/mol. The summed E-state index contributed by atoms with van der Waals surface area (Å²) in [6.07, 6.45) is 2.99. The van der Waals surface area contributed by atoms with Gasteiger partial charge in [0, 0.05) is 31.7 Å². The largest absolute Gasteiger partial charge is 0.377 e. The van der Waals surface area contributed by atoms with Crippen molar-refractivity contribution in [2.75, 3.05) is 32.7 Å². The van der Waals surface area contributed by atoms with Crippen molar-refractivity contribution in [1.29, 1.82) is 0 Å². The van der Waals surface area contributed by atoms with Crippen LogP contribution in [0.4, 0.5) is 0 Å². The van der Waals surface area contributed by atoms with Crippen LogP contribution in [0.25, 0.3) is 0 Å². The van der Waals surface area contributed by atoms with Gasteiger partial charge in [-0.2, -0.15) is 0 Å². The van der Waals surface area contributed by atoms with E-state index in [-0.39, 0.29) is 17.2 Å². The second kappa shape index (κ2) is 7.18. The molecule has 1 saturated heterocycles. The molecule has 4 nitrogen and oxygen atoms in total. The molecule has 25 heavy (non-hydrogen) atoms. The summed E-state index contributed by atoms with van der Waals surface area (Å²) in [5, 5.41) is 11.4. The average Bonchev–Trinajstić information content (AvgIpc) is 2.53. The lowest BCUT2D eigenvalue weighted by atomic mass is 9.67. The first-order valence-corrected chi connectivity index (χ1v) is 9.60. The van der Waals surface area contributed by atoms with E-state index in [2.05, 4.69) is 30.6 Å². The molecule has 0 amide bonds. The standard InChI is InChI=1S/C21H32N2O2/c1-20(2,3)23-14-12-22(13-15-23)16-19(24)21(25,18-10-7-11-18)17-8-5-4-6-9-17/h4-6,8-9,18,25H,7,10-16H2,1-3H3. The molecule has 0 spiro atoms. The van der Waals surface area contributed by atoms with Gasteiger partial charge < -0.3 is 5.11 Å². The second-order valence-electron chi connectivity index (χ2n) is 8.62. The summed E-state index contributed by atoms with van der Waals surface area (Å²) in [6, 6.07) is 9.55. The van der Waals surface area contributed by atoms with Gasteiger partial charge in [-0.3, -0.25) is 14.6 Å². The number of rotatable bonds is 5. The summed E-state index contributed by atoms with van der Waals surface area (Å²) in [7, 11) is 0. The van der Waals surface area contributed by atoms with Crippen LogP contribution in [0.5, 0.6) is 0 Å². The van der Waals surface area contributed by atoms with Crippen molar-refractivity contribution >= 4 is 5.78 Å². The van der Waals surface area contributed by atoms with E-state index in [1.54, 1.807) is 0 Å². The van der Waals surface area contributed by atoms with Gasteiger partial charge in [0.25, 0.3) is 0 Å². The van der Waals surface area contributed by atoms with Crippen molar-refractivity contribution in [1.82, 2.24) is 9.80 Å². The normalized spacial score (nSPS) is 23.0. The highest BCUT2D eigenvalue weighted by Crippen LogP contribution is 2.43. The van der Waals surface area contributed by atoms with Gasteiger partial charge in [0.05, 0.1) is 6.54 Å². The molecule has 1 heterocycles. The van der Waals surface area contributed by atoms with E-state index in [4.69, 9.17) is 0 Å². The van der Waals surface area contributed by atoms with Crippen LogP contribution in [0, 0.1) is 5.92 Å². The summed E-state index contributed by atoms with van der Waals surface area (Å²) in [6.45, 7) is 10.8. The van der Waals surface area contributed by atoms with Gasteiger partial charge in [0.1, 0.15) is 0 Å². The number of benzene rings is 1. The molecule has 0 aromatic heterocycles. The number of carbonyl (C=O) groups excluding carboxylic acids is 1. The topological polar surface area (TPSA) is 43.8 Å². The highest BCUT2D eigenvalue weighted by molar-refractivity contribution is 5.90. The highest BCUT2D eigenvalue weighted by Gasteiger charge is 2.47. The number of nitrogens with zero attached hydrogens (tertiary/aromatic N) is 2. The van der Waals surface area contributed by atoms with Gasteiger partial charge in [-0.05, 0) is 45.1 Å². The second-order valence-corrected chi connectivity index (χ2v) is 8.62. The van der Waals surface area contributed by atoms with Crippen LogP contribution in [0.15, 0.2) is 30.3 Å². The molecule has 1 saturated carbocycles. The Morgan fingerprint density at radius 3 is 2.16 bits per heavy atom. The van der Waals surface area contributed by atoms with Gasteiger partial charge in [0.2, 0.25) is 0 Å². The maximum absolute atomic E-state index is 13.1. The maximum atomic E-state index is 13.1. The van der Waals surface area contributed by atoms with Crippen LogP contribution in [0.3, 0.4) is 0 Å². The van der Waals surface area contributed by atoms with Gasteiger partial charge in [0.15, 0.2) is 11.4 Å². The molecule has 1 aliphatic heterocycles. The minimum absolute atomic E-state index is 0.0346. The molecule has 1 aromatic rings. The molecule has 1 atom stereocenters. The van der Waals surface area contributed by atoms with Crippen molar-refractivity contribution < 1.29 is 9.90 Å². The van der Waals surface area contributed by atoms with Crippen LogP contribution in [0.1, 0.15) is 45.6 Å². The zero-order chi connectivity index (χ0) is 18.1. The van der Waals surface area contributed by atoms with Crippen LogP contribution in [0.2, 0.25) is 0 Å². The highest BCUT2D eigenvalue weighted by atomic mass is 16.3. The Bertz CT molecular complexity index is 584. The number of ketones is 1. The number of hydrogen-bond acceptors (Lipinski definition) is 4. The number of carbonyl (C=O) groups is 1. The van der Waals surface area contributed by atoms with Crippen LogP contribution >= 0.6 is 0 Å². The van der Waals surface area contributed by atoms with E-state index < -0.39 is 5.60 Å². The van der Waals surface area contributed by atoms with Crippen LogP contribution in [-0.4, -0.2) is 59.0 Å². The van der Waals surface area contributed by atoms with Crippen LogP contribution < -0.4 is 0 Å². The Morgan fingerprint density at radius 1 is 1.08 bits per heavy atom. The van der Waals surface area contributed by atoms with E-state index in [9.17, 15) is 9.90 Å². The van der Waals surface area contributed by atoms with E-state index in [1.165, 1.54) is 0 Å². The molecule has 4 heteroatoms. The lowest BCUT2D eigenvalue weighted by Crippen LogP contribution is -2.56. The first-order valence-electron chi connectivity index (χ1n) is 9.60. The summed E-state index contributed by atoms with van der Waals surface area (Å²) in [5.74, 6) is 0.0332. The van der Waals surface area contributed by atoms with Gasteiger partial charge >= 0.3 is 0 Å². The fourth-order valence-corrected chi connectivity index (χ4v) is 4.04. The zero-order valence-electron chi connectivity index (χ0n) is 15.9. The van der Waals surface area contributed by atoms with Crippen molar-refractivity contribution in [2.45, 2.75) is 51.2 Å². The van der Waals surface area contributed by atoms with Gasteiger partial charge in [-0.15, -0.1) is 0 Å². The Labute approximate surface area is 151 Å². The minimum Gasteiger partial charge on any atom is -0.377 e. The first-order chi connectivity index (χ1) is 11.8. The molecule has 2 aliphatic rings. The Hall–Kier alpha value is -1.23. The predicted octanol–water partition coefficient (Wildman–Crippen LogP) is 2.66. The molecule has 1 aromatic carbocycles. The molecule has 2 fully saturated rings. The smallest absolute Gasteiger partial charge is 0.183 e. The zero-order valence-corrected chi connectivity index (χ0v) is 15.9. The third kappa shape index (κ3) is 3.81. The maximum Gasteiger partial charge on any atom is 0.183 e. The summed E-state index contributed by atoms with van der Waals surface area (Å²) < 4.78 is 0. The number of aliphatic hydroxyl groups is 1. The van der Waals surface area contributed by atoms with Gasteiger partial charge in [-0.1, -0.05) is 36.8 Å². The van der Waals surface area contributed by atoms with Gasteiger partial charge in [-0.25, -0.2) is 0 Å². The predicted molar refractivity (Wildman–Crippen MR) is 100 cm³/mol. The summed E-state index contributed by atoms with van der Waals surface area (Å²) in [5.41, 5.74) is -0.383. The van der Waals surface area contributed by atoms with Crippen LogP contribution in [-0.2, 0) is 10.4 Å². The van der Waals surface area contributed by atoms with E-state index in [1.807, 2.05) is 30.3 Å². The Balaban J connectivity index is 1.68. The lowest BCUT2D eigenvalue weighted by molar-refractivity contribution is -0.151. The first kappa shape index (κ1) is 18.6.